The molecule has 32 heavy (non-hydrogen) atoms. The number of hydrogen-bond acceptors (Lipinski definition) is 5. The molecule has 1 heterocycles. The molecule has 0 radical (unpaired) electrons. The largest absolute Gasteiger partial charge is 0.489 e. The summed E-state index contributed by atoms with van der Waals surface area (Å²) in [5.41, 5.74) is 4.40. The van der Waals surface area contributed by atoms with Gasteiger partial charge in [-0.3, -0.25) is 9.69 Å². The molecule has 0 saturated carbocycles. The highest BCUT2D eigenvalue weighted by atomic mass is 32.2. The molecule has 1 fully saturated rings. The van der Waals surface area contributed by atoms with Crippen molar-refractivity contribution in [3.63, 3.8) is 0 Å². The molecule has 1 saturated heterocycles. The van der Waals surface area contributed by atoms with Crippen LogP contribution in [0, 0.1) is 18.3 Å². The Labute approximate surface area is 192 Å². The fraction of sp³-hybridized carbons (Fsp3) is 0.192. The highest BCUT2D eigenvalue weighted by Gasteiger charge is 2.36. The van der Waals surface area contributed by atoms with E-state index in [2.05, 4.69) is 11.1 Å². The Hall–Kier alpha value is -3.56. The first-order valence-electron chi connectivity index (χ1n) is 10.3. The van der Waals surface area contributed by atoms with Gasteiger partial charge in [0.25, 0.3) is 0 Å². The predicted molar refractivity (Wildman–Crippen MR) is 128 cm³/mol. The monoisotopic (exact) mass is 441 g/mol. The van der Waals surface area contributed by atoms with Gasteiger partial charge < -0.3 is 4.74 Å². The lowest BCUT2D eigenvalue weighted by atomic mass is 10.1. The fourth-order valence-electron chi connectivity index (χ4n) is 3.45. The highest BCUT2D eigenvalue weighted by Crippen LogP contribution is 2.33. The number of aryl methyl sites for hydroxylation is 1. The van der Waals surface area contributed by atoms with Crippen molar-refractivity contribution >= 4 is 28.5 Å². The molecule has 0 spiro atoms. The molecule has 160 valence electrons. The van der Waals surface area contributed by atoms with Crippen LogP contribution in [0.2, 0.25) is 0 Å². The van der Waals surface area contributed by atoms with Crippen molar-refractivity contribution in [3.8, 4) is 11.8 Å². The molecule has 1 atom stereocenters. The average molecular weight is 442 g/mol. The van der Waals surface area contributed by atoms with Crippen LogP contribution < -0.4 is 4.74 Å². The van der Waals surface area contributed by atoms with Crippen LogP contribution >= 0.6 is 11.8 Å². The molecule has 0 N–H and O–H groups in total. The molecular formula is C26H23N3O2S. The van der Waals surface area contributed by atoms with Crippen LogP contribution in [0.3, 0.4) is 0 Å². The lowest BCUT2D eigenvalue weighted by Crippen LogP contribution is -2.28. The van der Waals surface area contributed by atoms with E-state index in [1.807, 2.05) is 73.7 Å². The summed E-state index contributed by atoms with van der Waals surface area (Å²) in [5, 5.41) is 9.73. The van der Waals surface area contributed by atoms with E-state index < -0.39 is 0 Å². The fourth-order valence-corrected chi connectivity index (χ4v) is 4.63. The van der Waals surface area contributed by atoms with Gasteiger partial charge in [0.2, 0.25) is 5.91 Å². The molecule has 0 bridgehead atoms. The van der Waals surface area contributed by atoms with E-state index in [0.29, 0.717) is 23.8 Å². The van der Waals surface area contributed by atoms with E-state index >= 15 is 0 Å². The van der Waals surface area contributed by atoms with Crippen LogP contribution in [-0.2, 0) is 17.8 Å². The number of amides is 1. The summed E-state index contributed by atoms with van der Waals surface area (Å²) in [5.74, 6) is 0.755. The number of carbonyl (C=O) groups excluding carboxylic acids is 1. The van der Waals surface area contributed by atoms with Crippen molar-refractivity contribution in [1.82, 2.24) is 4.90 Å². The molecule has 0 aromatic heterocycles. The maximum atomic E-state index is 12.9. The van der Waals surface area contributed by atoms with Gasteiger partial charge >= 0.3 is 0 Å². The van der Waals surface area contributed by atoms with Gasteiger partial charge in [-0.25, -0.2) is 4.99 Å². The SMILES string of the molecule is Cc1ccc(N=C2S[C@@H](Cc3ccccc3OCc3ccccc3C#N)C(=O)N2C)cc1. The van der Waals surface area contributed by atoms with Gasteiger partial charge in [-0.2, -0.15) is 5.26 Å². The zero-order chi connectivity index (χ0) is 22.5. The number of thioether (sulfide) groups is 1. The lowest BCUT2D eigenvalue weighted by Gasteiger charge is -2.14. The van der Waals surface area contributed by atoms with Crippen LogP contribution in [0.25, 0.3) is 0 Å². The third-order valence-electron chi connectivity index (χ3n) is 5.30. The summed E-state index contributed by atoms with van der Waals surface area (Å²) in [4.78, 5) is 19.2. The molecule has 1 amide bonds. The summed E-state index contributed by atoms with van der Waals surface area (Å²) in [6.45, 7) is 2.33. The minimum Gasteiger partial charge on any atom is -0.489 e. The van der Waals surface area contributed by atoms with E-state index in [1.165, 1.54) is 17.3 Å². The van der Waals surface area contributed by atoms with E-state index in [4.69, 9.17) is 4.74 Å². The topological polar surface area (TPSA) is 65.7 Å². The molecule has 4 rings (SSSR count). The van der Waals surface area contributed by atoms with Gasteiger partial charge in [0.15, 0.2) is 5.17 Å². The standard InChI is InChI=1S/C26H23N3O2S/c1-18-11-13-22(14-12-18)28-26-29(2)25(30)24(32-26)15-19-7-5-6-10-23(19)31-17-21-9-4-3-8-20(21)16-27/h3-14,24H,15,17H2,1-2H3/t24-/m0/s1. The molecule has 3 aromatic carbocycles. The Morgan fingerprint density at radius 3 is 2.47 bits per heavy atom. The van der Waals surface area contributed by atoms with E-state index in [-0.39, 0.29) is 11.2 Å². The summed E-state index contributed by atoms with van der Waals surface area (Å²) in [7, 11) is 1.77. The third-order valence-corrected chi connectivity index (χ3v) is 6.53. The third kappa shape index (κ3) is 4.84. The van der Waals surface area contributed by atoms with Gasteiger partial charge in [-0.1, -0.05) is 65.9 Å². The summed E-state index contributed by atoms with van der Waals surface area (Å²) in [6.07, 6.45) is 0.539. The summed E-state index contributed by atoms with van der Waals surface area (Å²) < 4.78 is 6.06. The quantitative estimate of drug-likeness (QED) is 0.524. The second-order valence-electron chi connectivity index (χ2n) is 7.60. The van der Waals surface area contributed by atoms with Crippen LogP contribution in [0.5, 0.6) is 5.75 Å². The zero-order valence-electron chi connectivity index (χ0n) is 18.0. The van der Waals surface area contributed by atoms with Gasteiger partial charge in [0.1, 0.15) is 12.4 Å². The number of aliphatic imine (C=N–C) groups is 1. The summed E-state index contributed by atoms with van der Waals surface area (Å²) in [6, 6.07) is 25.3. The van der Waals surface area contributed by atoms with Crippen molar-refractivity contribution in [3.05, 3.63) is 95.1 Å². The van der Waals surface area contributed by atoms with Crippen molar-refractivity contribution in [2.75, 3.05) is 7.05 Å². The minimum absolute atomic E-state index is 0.0329. The van der Waals surface area contributed by atoms with Crippen LogP contribution in [-0.4, -0.2) is 28.3 Å². The first-order chi connectivity index (χ1) is 15.5. The second kappa shape index (κ2) is 9.71. The molecule has 1 aliphatic rings. The minimum atomic E-state index is -0.264. The number of carbonyl (C=O) groups is 1. The highest BCUT2D eigenvalue weighted by molar-refractivity contribution is 8.15. The molecular weight excluding hydrogens is 418 g/mol. The Bertz CT molecular complexity index is 1200. The Morgan fingerprint density at radius 1 is 1.03 bits per heavy atom. The van der Waals surface area contributed by atoms with Crippen molar-refractivity contribution in [2.45, 2.75) is 25.2 Å². The Kier molecular flexibility index (Phi) is 6.58. The van der Waals surface area contributed by atoms with Crippen molar-refractivity contribution in [2.24, 2.45) is 4.99 Å². The number of ether oxygens (including phenoxy) is 1. The second-order valence-corrected chi connectivity index (χ2v) is 8.77. The van der Waals surface area contributed by atoms with Gasteiger partial charge in [0.05, 0.1) is 22.6 Å². The van der Waals surface area contributed by atoms with Crippen LogP contribution in [0.15, 0.2) is 77.8 Å². The molecule has 0 unspecified atom stereocenters. The predicted octanol–water partition coefficient (Wildman–Crippen LogP) is 5.25. The van der Waals surface area contributed by atoms with Gasteiger partial charge in [-0.15, -0.1) is 0 Å². The van der Waals surface area contributed by atoms with E-state index in [1.54, 1.807) is 18.0 Å². The number of hydrogen-bond donors (Lipinski definition) is 0. The number of nitriles is 1. The maximum Gasteiger partial charge on any atom is 0.242 e. The molecule has 5 nitrogen and oxygen atoms in total. The van der Waals surface area contributed by atoms with Crippen molar-refractivity contribution < 1.29 is 9.53 Å². The number of rotatable bonds is 6. The van der Waals surface area contributed by atoms with Gasteiger partial charge in [-0.05, 0) is 43.2 Å². The lowest BCUT2D eigenvalue weighted by molar-refractivity contribution is -0.125. The van der Waals surface area contributed by atoms with Crippen LogP contribution in [0.4, 0.5) is 5.69 Å². The van der Waals surface area contributed by atoms with Gasteiger partial charge in [0, 0.05) is 12.6 Å². The normalized spacial score (nSPS) is 16.9. The van der Waals surface area contributed by atoms with Crippen molar-refractivity contribution in [1.29, 1.82) is 5.26 Å². The molecule has 1 aliphatic heterocycles. The number of amidine groups is 1. The Morgan fingerprint density at radius 2 is 1.72 bits per heavy atom. The first kappa shape index (κ1) is 21.7. The first-order valence-corrected chi connectivity index (χ1v) is 11.2. The molecule has 0 aliphatic carbocycles. The number of para-hydroxylation sites is 1. The average Bonchev–Trinajstić information content (AvgIpc) is 3.08. The number of nitrogens with zero attached hydrogens (tertiary/aromatic N) is 3. The number of benzene rings is 3. The molecule has 6 heteroatoms. The smallest absolute Gasteiger partial charge is 0.242 e. The summed E-state index contributed by atoms with van der Waals surface area (Å²) >= 11 is 1.48. The van der Waals surface area contributed by atoms with E-state index in [9.17, 15) is 10.1 Å². The Balaban J connectivity index is 1.49. The van der Waals surface area contributed by atoms with Crippen LogP contribution in [0.1, 0.15) is 22.3 Å². The molecule has 3 aromatic rings. The zero-order valence-corrected chi connectivity index (χ0v) is 18.8. The van der Waals surface area contributed by atoms with E-state index in [0.717, 1.165) is 22.6 Å². The maximum absolute atomic E-state index is 12.9.